The van der Waals surface area contributed by atoms with Gasteiger partial charge >= 0.3 is 0 Å². The van der Waals surface area contributed by atoms with E-state index in [1.54, 1.807) is 0 Å². The molecule has 2 aliphatic rings. The third-order valence-corrected chi connectivity index (χ3v) is 5.07. The number of nitrogens with zero attached hydrogens (tertiary/aromatic N) is 1. The molecule has 1 N–H and O–H groups in total. The first kappa shape index (κ1) is 14.9. The maximum Gasteiger partial charge on any atom is 0.0388 e. The normalized spacial score (nSPS) is 21.9. The quantitative estimate of drug-likeness (QED) is 0.854. The number of para-hydroxylation sites is 1. The van der Waals surface area contributed by atoms with E-state index in [0.717, 1.165) is 6.54 Å². The molecule has 0 spiro atoms. The largest absolute Gasteiger partial charge is 0.382 e. The predicted molar refractivity (Wildman–Crippen MR) is 90.7 cm³/mol. The molecule has 1 heterocycles. The standard InChI is InChI=1S/C19H30N2/c1-2-4-11-18(12-5-3-1)20-19-13-7-6-10-17(19)16-21-14-8-9-15-21/h6-7,10,13,18,20H,1-5,8-9,11-12,14-16H2. The van der Waals surface area contributed by atoms with Gasteiger partial charge in [0.1, 0.15) is 0 Å². The van der Waals surface area contributed by atoms with Gasteiger partial charge in [0.05, 0.1) is 0 Å². The lowest BCUT2D eigenvalue weighted by Crippen LogP contribution is -2.23. The lowest BCUT2D eigenvalue weighted by atomic mass is 9.96. The molecular weight excluding hydrogens is 256 g/mol. The van der Waals surface area contributed by atoms with Gasteiger partial charge in [-0.1, -0.05) is 50.3 Å². The van der Waals surface area contributed by atoms with E-state index >= 15 is 0 Å². The summed E-state index contributed by atoms with van der Waals surface area (Å²) in [5, 5.41) is 3.86. The highest BCUT2D eigenvalue weighted by molar-refractivity contribution is 5.51. The SMILES string of the molecule is c1ccc(NC2CCCCCCC2)c(CN2CCCC2)c1. The van der Waals surface area contributed by atoms with Gasteiger partial charge in [-0.3, -0.25) is 4.90 Å². The fourth-order valence-corrected chi connectivity index (χ4v) is 3.80. The maximum absolute atomic E-state index is 3.86. The lowest BCUT2D eigenvalue weighted by Gasteiger charge is -2.25. The zero-order valence-electron chi connectivity index (χ0n) is 13.3. The minimum absolute atomic E-state index is 0.685. The summed E-state index contributed by atoms with van der Waals surface area (Å²) >= 11 is 0. The molecule has 21 heavy (non-hydrogen) atoms. The summed E-state index contributed by atoms with van der Waals surface area (Å²) in [6.07, 6.45) is 12.5. The Morgan fingerprint density at radius 1 is 0.857 bits per heavy atom. The Bertz CT molecular complexity index is 415. The summed E-state index contributed by atoms with van der Waals surface area (Å²) in [5.41, 5.74) is 2.87. The van der Waals surface area contributed by atoms with Crippen LogP contribution in [0.15, 0.2) is 24.3 Å². The van der Waals surface area contributed by atoms with Crippen LogP contribution >= 0.6 is 0 Å². The van der Waals surface area contributed by atoms with Crippen molar-refractivity contribution < 1.29 is 0 Å². The van der Waals surface area contributed by atoms with Crippen molar-refractivity contribution in [3.05, 3.63) is 29.8 Å². The Balaban J connectivity index is 1.63. The van der Waals surface area contributed by atoms with Crippen LogP contribution in [-0.2, 0) is 6.54 Å². The van der Waals surface area contributed by atoms with E-state index < -0.39 is 0 Å². The Kier molecular flexibility index (Phi) is 5.56. The monoisotopic (exact) mass is 286 g/mol. The first-order valence-corrected chi connectivity index (χ1v) is 8.98. The molecule has 0 aromatic heterocycles. The van der Waals surface area contributed by atoms with Crippen LogP contribution in [0.25, 0.3) is 0 Å². The number of benzene rings is 1. The van der Waals surface area contributed by atoms with Crippen LogP contribution < -0.4 is 5.32 Å². The van der Waals surface area contributed by atoms with Crippen molar-refractivity contribution in [2.24, 2.45) is 0 Å². The number of hydrogen-bond donors (Lipinski definition) is 1. The van der Waals surface area contributed by atoms with E-state index in [4.69, 9.17) is 0 Å². The molecule has 1 aromatic carbocycles. The lowest BCUT2D eigenvalue weighted by molar-refractivity contribution is 0.331. The molecular formula is C19H30N2. The average molecular weight is 286 g/mol. The Morgan fingerprint density at radius 2 is 1.52 bits per heavy atom. The van der Waals surface area contributed by atoms with Gasteiger partial charge in [-0.25, -0.2) is 0 Å². The van der Waals surface area contributed by atoms with Crippen molar-refractivity contribution in [2.75, 3.05) is 18.4 Å². The molecule has 0 atom stereocenters. The van der Waals surface area contributed by atoms with Gasteiger partial charge in [0.2, 0.25) is 0 Å². The second-order valence-electron chi connectivity index (χ2n) is 6.83. The third-order valence-electron chi connectivity index (χ3n) is 5.07. The van der Waals surface area contributed by atoms with E-state index in [1.807, 2.05) is 0 Å². The molecule has 2 heteroatoms. The smallest absolute Gasteiger partial charge is 0.0388 e. The van der Waals surface area contributed by atoms with Crippen LogP contribution in [0.5, 0.6) is 0 Å². The van der Waals surface area contributed by atoms with Gasteiger partial charge in [0.15, 0.2) is 0 Å². The van der Waals surface area contributed by atoms with Crippen molar-refractivity contribution in [2.45, 2.75) is 70.4 Å². The molecule has 1 aliphatic heterocycles. The molecule has 1 saturated carbocycles. The van der Waals surface area contributed by atoms with Gasteiger partial charge in [-0.15, -0.1) is 0 Å². The van der Waals surface area contributed by atoms with Gasteiger partial charge < -0.3 is 5.32 Å². The van der Waals surface area contributed by atoms with Gasteiger partial charge in [0, 0.05) is 18.3 Å². The summed E-state index contributed by atoms with van der Waals surface area (Å²) in [6, 6.07) is 9.64. The Morgan fingerprint density at radius 3 is 2.29 bits per heavy atom. The summed E-state index contributed by atoms with van der Waals surface area (Å²) in [5.74, 6) is 0. The topological polar surface area (TPSA) is 15.3 Å². The van der Waals surface area contributed by atoms with Crippen LogP contribution in [0.2, 0.25) is 0 Å². The van der Waals surface area contributed by atoms with Crippen molar-refractivity contribution >= 4 is 5.69 Å². The van der Waals surface area contributed by atoms with E-state index in [-0.39, 0.29) is 0 Å². The third kappa shape index (κ3) is 4.47. The van der Waals surface area contributed by atoms with Gasteiger partial charge in [-0.2, -0.15) is 0 Å². The molecule has 1 aliphatic carbocycles. The molecule has 1 saturated heterocycles. The van der Waals surface area contributed by atoms with Crippen molar-refractivity contribution in [3.63, 3.8) is 0 Å². The number of hydrogen-bond acceptors (Lipinski definition) is 2. The highest BCUT2D eigenvalue weighted by Crippen LogP contribution is 2.24. The summed E-state index contributed by atoms with van der Waals surface area (Å²) in [7, 11) is 0. The van der Waals surface area contributed by atoms with Crippen LogP contribution in [0.4, 0.5) is 5.69 Å². The van der Waals surface area contributed by atoms with E-state index in [0.29, 0.717) is 6.04 Å². The maximum atomic E-state index is 3.86. The Hall–Kier alpha value is -1.02. The second kappa shape index (κ2) is 7.84. The van der Waals surface area contributed by atoms with Crippen molar-refractivity contribution in [3.8, 4) is 0 Å². The summed E-state index contributed by atoms with van der Waals surface area (Å²) < 4.78 is 0. The van der Waals surface area contributed by atoms with E-state index in [1.165, 1.54) is 82.1 Å². The number of anilines is 1. The van der Waals surface area contributed by atoms with Crippen molar-refractivity contribution in [1.29, 1.82) is 0 Å². The number of rotatable bonds is 4. The zero-order valence-corrected chi connectivity index (χ0v) is 13.3. The van der Waals surface area contributed by atoms with E-state index in [2.05, 4.69) is 34.5 Å². The first-order chi connectivity index (χ1) is 10.4. The first-order valence-electron chi connectivity index (χ1n) is 8.98. The zero-order chi connectivity index (χ0) is 14.3. The highest BCUT2D eigenvalue weighted by Gasteiger charge is 2.16. The summed E-state index contributed by atoms with van der Waals surface area (Å²) in [6.45, 7) is 3.67. The molecule has 2 nitrogen and oxygen atoms in total. The Labute approximate surface area is 129 Å². The van der Waals surface area contributed by atoms with Crippen LogP contribution in [0.1, 0.15) is 63.4 Å². The molecule has 1 aromatic rings. The van der Waals surface area contributed by atoms with Crippen LogP contribution in [0, 0.1) is 0 Å². The summed E-state index contributed by atoms with van der Waals surface area (Å²) in [4.78, 5) is 2.60. The second-order valence-corrected chi connectivity index (χ2v) is 6.83. The van der Waals surface area contributed by atoms with Gasteiger partial charge in [0.25, 0.3) is 0 Å². The fraction of sp³-hybridized carbons (Fsp3) is 0.684. The fourth-order valence-electron chi connectivity index (χ4n) is 3.80. The molecule has 0 bridgehead atoms. The predicted octanol–water partition coefficient (Wildman–Crippen LogP) is 4.81. The van der Waals surface area contributed by atoms with E-state index in [9.17, 15) is 0 Å². The molecule has 0 unspecified atom stereocenters. The molecule has 0 radical (unpaired) electrons. The molecule has 3 rings (SSSR count). The average Bonchev–Trinajstić information content (AvgIpc) is 2.96. The van der Waals surface area contributed by atoms with Crippen LogP contribution in [0.3, 0.4) is 0 Å². The van der Waals surface area contributed by atoms with Crippen molar-refractivity contribution in [1.82, 2.24) is 4.90 Å². The molecule has 2 fully saturated rings. The number of nitrogens with one attached hydrogen (secondary N) is 1. The number of likely N-dealkylation sites (tertiary alicyclic amines) is 1. The molecule has 116 valence electrons. The molecule has 0 amide bonds. The van der Waals surface area contributed by atoms with Gasteiger partial charge in [-0.05, 0) is 50.4 Å². The highest BCUT2D eigenvalue weighted by atomic mass is 15.1. The minimum Gasteiger partial charge on any atom is -0.382 e. The minimum atomic E-state index is 0.685. The van der Waals surface area contributed by atoms with Crippen LogP contribution in [-0.4, -0.2) is 24.0 Å².